The molecule has 1 aliphatic carbocycles. The first-order chi connectivity index (χ1) is 9.17. The van der Waals surface area contributed by atoms with Crippen LogP contribution in [0.25, 0.3) is 0 Å². The molecule has 0 radical (unpaired) electrons. The van der Waals surface area contributed by atoms with E-state index in [0.717, 1.165) is 38.9 Å². The van der Waals surface area contributed by atoms with Crippen LogP contribution in [-0.4, -0.2) is 37.9 Å². The fourth-order valence-corrected chi connectivity index (χ4v) is 3.61. The fraction of sp³-hybridized carbons (Fsp3) is 0.933. The smallest absolute Gasteiger partial charge is 0.225 e. The minimum absolute atomic E-state index is 0.0533. The number of hydrogen-bond acceptors (Lipinski definition) is 3. The highest BCUT2D eigenvalue weighted by Gasteiger charge is 2.54. The Morgan fingerprint density at radius 3 is 2.63 bits per heavy atom. The molecule has 3 atom stereocenters. The normalized spacial score (nSPS) is 32.9. The van der Waals surface area contributed by atoms with Gasteiger partial charge in [-0.05, 0) is 32.6 Å². The third-order valence-corrected chi connectivity index (χ3v) is 5.09. The maximum absolute atomic E-state index is 12.2. The van der Waals surface area contributed by atoms with Gasteiger partial charge in [0.25, 0.3) is 0 Å². The van der Waals surface area contributed by atoms with Gasteiger partial charge in [0.1, 0.15) is 0 Å². The Balaban J connectivity index is 1.94. The molecular weight excluding hydrogens is 242 g/mol. The zero-order valence-corrected chi connectivity index (χ0v) is 12.4. The van der Waals surface area contributed by atoms with Gasteiger partial charge in [-0.15, -0.1) is 0 Å². The van der Waals surface area contributed by atoms with Gasteiger partial charge in [0, 0.05) is 24.7 Å². The zero-order chi connectivity index (χ0) is 13.9. The van der Waals surface area contributed by atoms with Crippen LogP contribution in [0.3, 0.4) is 0 Å². The second-order valence-corrected chi connectivity index (χ2v) is 5.74. The third kappa shape index (κ3) is 2.65. The Labute approximate surface area is 116 Å². The summed E-state index contributed by atoms with van der Waals surface area (Å²) in [5.41, 5.74) is 0.130. The number of hydrogen-bond donors (Lipinski definition) is 1. The lowest BCUT2D eigenvalue weighted by molar-refractivity contribution is -0.150. The number of carbonyl (C=O) groups excluding carboxylic acids is 1. The minimum Gasteiger partial charge on any atom is -0.381 e. The molecule has 2 rings (SSSR count). The summed E-state index contributed by atoms with van der Waals surface area (Å²) < 4.78 is 11.1. The first-order valence-corrected chi connectivity index (χ1v) is 7.67. The van der Waals surface area contributed by atoms with Crippen molar-refractivity contribution in [3.05, 3.63) is 0 Å². The van der Waals surface area contributed by atoms with Crippen LogP contribution >= 0.6 is 0 Å². The Morgan fingerprint density at radius 1 is 1.37 bits per heavy atom. The van der Waals surface area contributed by atoms with Crippen LogP contribution in [-0.2, 0) is 14.3 Å². The van der Waals surface area contributed by atoms with Gasteiger partial charge >= 0.3 is 0 Å². The van der Waals surface area contributed by atoms with Crippen molar-refractivity contribution in [3.63, 3.8) is 0 Å². The van der Waals surface area contributed by atoms with Gasteiger partial charge < -0.3 is 14.8 Å². The highest BCUT2D eigenvalue weighted by atomic mass is 16.5. The number of carbonyl (C=O) groups is 1. The fourth-order valence-electron chi connectivity index (χ4n) is 3.61. The van der Waals surface area contributed by atoms with Crippen LogP contribution in [0.15, 0.2) is 0 Å². The molecular formula is C15H27NO3. The van der Waals surface area contributed by atoms with Crippen molar-refractivity contribution in [1.29, 1.82) is 0 Å². The topological polar surface area (TPSA) is 47.6 Å². The van der Waals surface area contributed by atoms with Crippen molar-refractivity contribution >= 4 is 5.91 Å². The summed E-state index contributed by atoms with van der Waals surface area (Å²) in [6.45, 7) is 8.50. The van der Waals surface area contributed by atoms with E-state index in [1.165, 1.54) is 0 Å². The van der Waals surface area contributed by atoms with E-state index in [9.17, 15) is 4.79 Å². The molecule has 110 valence electrons. The minimum atomic E-state index is 0.0533. The second-order valence-electron chi connectivity index (χ2n) is 5.74. The summed E-state index contributed by atoms with van der Waals surface area (Å²) in [4.78, 5) is 12.2. The molecule has 1 aliphatic heterocycles. The van der Waals surface area contributed by atoms with E-state index in [4.69, 9.17) is 9.47 Å². The number of nitrogens with one attached hydrogen (secondary N) is 1. The monoisotopic (exact) mass is 269 g/mol. The quantitative estimate of drug-likeness (QED) is 0.803. The van der Waals surface area contributed by atoms with E-state index >= 15 is 0 Å². The lowest BCUT2D eigenvalue weighted by Gasteiger charge is -2.55. The Morgan fingerprint density at radius 2 is 2.11 bits per heavy atom. The van der Waals surface area contributed by atoms with E-state index in [2.05, 4.69) is 19.2 Å². The van der Waals surface area contributed by atoms with E-state index < -0.39 is 0 Å². The predicted octanol–water partition coefficient (Wildman–Crippen LogP) is 2.12. The van der Waals surface area contributed by atoms with Gasteiger partial charge in [0.05, 0.1) is 18.6 Å². The summed E-state index contributed by atoms with van der Waals surface area (Å²) in [5.74, 6) is 0.223. The van der Waals surface area contributed by atoms with Gasteiger partial charge in [-0.25, -0.2) is 0 Å². The molecule has 4 nitrogen and oxygen atoms in total. The van der Waals surface area contributed by atoms with Crippen LogP contribution in [0.4, 0.5) is 0 Å². The van der Waals surface area contributed by atoms with Crippen molar-refractivity contribution in [2.24, 2.45) is 11.3 Å². The molecule has 0 spiro atoms. The van der Waals surface area contributed by atoms with Crippen LogP contribution in [0, 0.1) is 11.3 Å². The molecule has 0 aromatic carbocycles. The molecule has 2 fully saturated rings. The summed E-state index contributed by atoms with van der Waals surface area (Å²) in [7, 11) is 0. The molecule has 2 aliphatic rings. The standard InChI is InChI=1S/C15H27NO3/c1-4-15(5-2)12(9-13(15)19-6-3)16-14(17)11-7-8-18-10-11/h11-13H,4-10H2,1-3H3,(H,16,17). The number of ether oxygens (including phenoxy) is 2. The molecule has 4 heteroatoms. The van der Waals surface area contributed by atoms with E-state index in [0.29, 0.717) is 12.7 Å². The zero-order valence-electron chi connectivity index (χ0n) is 12.4. The van der Waals surface area contributed by atoms with Crippen LogP contribution < -0.4 is 5.32 Å². The highest BCUT2D eigenvalue weighted by Crippen LogP contribution is 2.49. The Hall–Kier alpha value is -0.610. The molecule has 0 bridgehead atoms. The summed E-state index contributed by atoms with van der Waals surface area (Å²) in [6.07, 6.45) is 4.23. The predicted molar refractivity (Wildman–Crippen MR) is 73.9 cm³/mol. The average Bonchev–Trinajstić information content (AvgIpc) is 2.93. The number of amides is 1. The highest BCUT2D eigenvalue weighted by molar-refractivity contribution is 5.79. The largest absolute Gasteiger partial charge is 0.381 e. The van der Waals surface area contributed by atoms with Crippen LogP contribution in [0.1, 0.15) is 46.5 Å². The van der Waals surface area contributed by atoms with Gasteiger partial charge in [-0.2, -0.15) is 0 Å². The van der Waals surface area contributed by atoms with E-state index in [1.54, 1.807) is 0 Å². The molecule has 3 unspecified atom stereocenters. The molecule has 1 heterocycles. The Bertz CT molecular complexity index is 309. The van der Waals surface area contributed by atoms with Crippen LogP contribution in [0.5, 0.6) is 0 Å². The first-order valence-electron chi connectivity index (χ1n) is 7.67. The first kappa shape index (κ1) is 14.8. The summed E-state index contributed by atoms with van der Waals surface area (Å²) in [6, 6.07) is 0.271. The van der Waals surface area contributed by atoms with Crippen molar-refractivity contribution in [3.8, 4) is 0 Å². The van der Waals surface area contributed by atoms with E-state index in [-0.39, 0.29) is 23.3 Å². The summed E-state index contributed by atoms with van der Waals surface area (Å²) in [5, 5.41) is 3.24. The molecule has 1 saturated carbocycles. The maximum atomic E-state index is 12.2. The molecule has 1 N–H and O–H groups in total. The second kappa shape index (κ2) is 6.23. The van der Waals surface area contributed by atoms with Crippen molar-refractivity contribution in [2.75, 3.05) is 19.8 Å². The molecule has 1 amide bonds. The average molecular weight is 269 g/mol. The Kier molecular flexibility index (Phi) is 4.85. The van der Waals surface area contributed by atoms with Gasteiger partial charge in [-0.3, -0.25) is 4.79 Å². The molecule has 0 aromatic heterocycles. The number of rotatable bonds is 6. The molecule has 0 aromatic rings. The third-order valence-electron chi connectivity index (χ3n) is 5.09. The van der Waals surface area contributed by atoms with Gasteiger partial charge in [-0.1, -0.05) is 13.8 Å². The van der Waals surface area contributed by atoms with Gasteiger partial charge in [0.15, 0.2) is 0 Å². The van der Waals surface area contributed by atoms with Crippen LogP contribution in [0.2, 0.25) is 0 Å². The maximum Gasteiger partial charge on any atom is 0.225 e. The SMILES string of the molecule is CCOC1CC(NC(=O)C2CCOC2)C1(CC)CC. The van der Waals surface area contributed by atoms with Crippen molar-refractivity contribution < 1.29 is 14.3 Å². The van der Waals surface area contributed by atoms with Crippen molar-refractivity contribution in [1.82, 2.24) is 5.32 Å². The molecule has 1 saturated heterocycles. The van der Waals surface area contributed by atoms with Crippen molar-refractivity contribution in [2.45, 2.75) is 58.6 Å². The molecule has 19 heavy (non-hydrogen) atoms. The summed E-state index contributed by atoms with van der Waals surface area (Å²) >= 11 is 0. The lowest BCUT2D eigenvalue weighted by atomic mass is 9.58. The van der Waals surface area contributed by atoms with E-state index in [1.807, 2.05) is 6.92 Å². The van der Waals surface area contributed by atoms with Gasteiger partial charge in [0.2, 0.25) is 5.91 Å². The lowest BCUT2D eigenvalue weighted by Crippen LogP contribution is -2.65.